The van der Waals surface area contributed by atoms with E-state index in [0.29, 0.717) is 5.92 Å². The van der Waals surface area contributed by atoms with Crippen molar-refractivity contribution >= 4 is 5.91 Å². The van der Waals surface area contributed by atoms with Crippen LogP contribution in [0.25, 0.3) is 0 Å². The van der Waals surface area contributed by atoms with Crippen LogP contribution in [0.4, 0.5) is 0 Å². The Bertz CT molecular complexity index is 378. The van der Waals surface area contributed by atoms with Crippen molar-refractivity contribution in [1.29, 1.82) is 5.26 Å². The van der Waals surface area contributed by atoms with Crippen molar-refractivity contribution in [2.24, 2.45) is 5.92 Å². The van der Waals surface area contributed by atoms with Crippen LogP contribution in [-0.2, 0) is 4.79 Å². The molecule has 1 saturated heterocycles. The molecule has 1 fully saturated rings. The lowest BCUT2D eigenvalue weighted by Crippen LogP contribution is -2.58. The number of carbonyl (C=O) groups excluding carboxylic acids is 1. The summed E-state index contributed by atoms with van der Waals surface area (Å²) in [4.78, 5) is 16.5. The third-order valence-electron chi connectivity index (χ3n) is 4.33. The van der Waals surface area contributed by atoms with Gasteiger partial charge >= 0.3 is 0 Å². The summed E-state index contributed by atoms with van der Waals surface area (Å²) < 4.78 is 0. The molecule has 5 heteroatoms. The maximum Gasteiger partial charge on any atom is 0.237 e. The number of piperazine rings is 1. The van der Waals surface area contributed by atoms with Crippen LogP contribution in [0.3, 0.4) is 0 Å². The first kappa shape index (κ1) is 17.9. The van der Waals surface area contributed by atoms with Gasteiger partial charge in [-0.05, 0) is 33.1 Å². The van der Waals surface area contributed by atoms with E-state index in [-0.39, 0.29) is 11.9 Å². The summed E-state index contributed by atoms with van der Waals surface area (Å²) in [6, 6.07) is 2.25. The first-order valence-electron chi connectivity index (χ1n) is 7.96. The van der Waals surface area contributed by atoms with Gasteiger partial charge in [0.25, 0.3) is 0 Å². The fourth-order valence-corrected chi connectivity index (χ4v) is 2.54. The number of carbonyl (C=O) groups is 1. The van der Waals surface area contributed by atoms with E-state index in [1.165, 1.54) is 0 Å². The van der Waals surface area contributed by atoms with Gasteiger partial charge in [0.15, 0.2) is 0 Å². The van der Waals surface area contributed by atoms with Gasteiger partial charge in [-0.25, -0.2) is 0 Å². The molecular formula is C16H30N4O. The standard InChI is InChI=1S/C16H30N4O/c1-13(2)6-7-18-15(21)14(3)19-8-10-20(11-9-19)16(4,5)12-17/h13-14H,6-11H2,1-5H3,(H,18,21). The summed E-state index contributed by atoms with van der Waals surface area (Å²) in [5, 5.41) is 12.2. The normalized spacial score (nSPS) is 19.3. The van der Waals surface area contributed by atoms with Gasteiger partial charge in [0, 0.05) is 32.7 Å². The number of hydrogen-bond acceptors (Lipinski definition) is 4. The molecule has 0 aromatic heterocycles. The lowest BCUT2D eigenvalue weighted by molar-refractivity contribution is -0.126. The largest absolute Gasteiger partial charge is 0.355 e. The van der Waals surface area contributed by atoms with Crippen LogP contribution < -0.4 is 5.32 Å². The van der Waals surface area contributed by atoms with Crippen molar-refractivity contribution in [2.45, 2.75) is 52.6 Å². The number of rotatable bonds is 6. The van der Waals surface area contributed by atoms with Crippen molar-refractivity contribution in [3.63, 3.8) is 0 Å². The molecule has 120 valence electrons. The van der Waals surface area contributed by atoms with Gasteiger partial charge in [0.1, 0.15) is 5.54 Å². The van der Waals surface area contributed by atoms with Crippen molar-refractivity contribution < 1.29 is 4.79 Å². The van der Waals surface area contributed by atoms with Crippen LogP contribution in [0.5, 0.6) is 0 Å². The maximum absolute atomic E-state index is 12.1. The van der Waals surface area contributed by atoms with Gasteiger partial charge in [0.2, 0.25) is 5.91 Å². The zero-order chi connectivity index (χ0) is 16.0. The molecule has 1 aliphatic rings. The average molecular weight is 294 g/mol. The fraction of sp³-hybridized carbons (Fsp3) is 0.875. The molecule has 1 amide bonds. The molecular weight excluding hydrogens is 264 g/mol. The summed E-state index contributed by atoms with van der Waals surface area (Å²) in [5.41, 5.74) is -0.422. The SMILES string of the molecule is CC(C)CCNC(=O)C(C)N1CCN(C(C)(C)C#N)CC1. The lowest BCUT2D eigenvalue weighted by Gasteiger charge is -2.42. The molecule has 1 atom stereocenters. The Morgan fingerprint density at radius 2 is 1.81 bits per heavy atom. The Morgan fingerprint density at radius 1 is 1.24 bits per heavy atom. The lowest BCUT2D eigenvalue weighted by atomic mass is 10.0. The van der Waals surface area contributed by atoms with E-state index in [2.05, 4.69) is 35.0 Å². The first-order chi connectivity index (χ1) is 9.77. The molecule has 0 aromatic carbocycles. The van der Waals surface area contributed by atoms with Gasteiger partial charge < -0.3 is 5.32 Å². The number of nitrogens with zero attached hydrogens (tertiary/aromatic N) is 3. The summed E-state index contributed by atoms with van der Waals surface area (Å²) in [6.07, 6.45) is 1.02. The van der Waals surface area contributed by atoms with Crippen LogP contribution in [0.2, 0.25) is 0 Å². The summed E-state index contributed by atoms with van der Waals surface area (Å²) >= 11 is 0. The molecule has 0 aromatic rings. The molecule has 1 N–H and O–H groups in total. The Kier molecular flexibility index (Phi) is 6.63. The topological polar surface area (TPSA) is 59.4 Å². The van der Waals surface area contributed by atoms with Gasteiger partial charge in [-0.3, -0.25) is 14.6 Å². The van der Waals surface area contributed by atoms with Gasteiger partial charge in [-0.2, -0.15) is 5.26 Å². The van der Waals surface area contributed by atoms with Crippen LogP contribution in [0, 0.1) is 17.2 Å². The minimum atomic E-state index is -0.422. The number of hydrogen-bond donors (Lipinski definition) is 1. The highest BCUT2D eigenvalue weighted by Crippen LogP contribution is 2.17. The second-order valence-electron chi connectivity index (χ2n) is 6.84. The Hall–Kier alpha value is -1.12. The van der Waals surface area contributed by atoms with E-state index >= 15 is 0 Å². The van der Waals surface area contributed by atoms with E-state index in [4.69, 9.17) is 0 Å². The molecule has 0 radical (unpaired) electrons. The van der Waals surface area contributed by atoms with Crippen LogP contribution in [0.15, 0.2) is 0 Å². The summed E-state index contributed by atoms with van der Waals surface area (Å²) in [7, 11) is 0. The third-order valence-corrected chi connectivity index (χ3v) is 4.33. The van der Waals surface area contributed by atoms with E-state index in [1.54, 1.807) is 0 Å². The minimum absolute atomic E-state index is 0.0930. The molecule has 1 heterocycles. The zero-order valence-corrected chi connectivity index (χ0v) is 14.1. The van der Waals surface area contributed by atoms with Crippen molar-refractivity contribution in [3.05, 3.63) is 0 Å². The molecule has 1 aliphatic heterocycles. The van der Waals surface area contributed by atoms with Crippen molar-refractivity contribution in [3.8, 4) is 6.07 Å². The third kappa shape index (κ3) is 5.29. The summed E-state index contributed by atoms with van der Waals surface area (Å²) in [6.45, 7) is 14.3. The highest BCUT2D eigenvalue weighted by Gasteiger charge is 2.32. The van der Waals surface area contributed by atoms with E-state index in [9.17, 15) is 10.1 Å². The average Bonchev–Trinajstić information content (AvgIpc) is 2.46. The smallest absolute Gasteiger partial charge is 0.237 e. The van der Waals surface area contributed by atoms with Gasteiger partial charge in [-0.1, -0.05) is 13.8 Å². The van der Waals surface area contributed by atoms with Crippen molar-refractivity contribution in [1.82, 2.24) is 15.1 Å². The molecule has 0 bridgehead atoms. The monoisotopic (exact) mass is 294 g/mol. The van der Waals surface area contributed by atoms with E-state index in [0.717, 1.165) is 39.1 Å². The fourth-order valence-electron chi connectivity index (χ4n) is 2.54. The predicted molar refractivity (Wildman–Crippen MR) is 84.8 cm³/mol. The quantitative estimate of drug-likeness (QED) is 0.805. The Labute approximate surface area is 129 Å². The van der Waals surface area contributed by atoms with Crippen LogP contribution >= 0.6 is 0 Å². The number of nitriles is 1. The summed E-state index contributed by atoms with van der Waals surface area (Å²) in [5.74, 6) is 0.723. The predicted octanol–water partition coefficient (Wildman–Crippen LogP) is 1.46. The second kappa shape index (κ2) is 7.77. The Morgan fingerprint density at radius 3 is 2.29 bits per heavy atom. The minimum Gasteiger partial charge on any atom is -0.355 e. The highest BCUT2D eigenvalue weighted by molar-refractivity contribution is 5.81. The van der Waals surface area contributed by atoms with Crippen LogP contribution in [0.1, 0.15) is 41.0 Å². The van der Waals surface area contributed by atoms with Crippen LogP contribution in [-0.4, -0.2) is 60.0 Å². The van der Waals surface area contributed by atoms with E-state index < -0.39 is 5.54 Å². The molecule has 0 spiro atoms. The van der Waals surface area contributed by atoms with Gasteiger partial charge in [0.05, 0.1) is 12.1 Å². The van der Waals surface area contributed by atoms with Gasteiger partial charge in [-0.15, -0.1) is 0 Å². The van der Waals surface area contributed by atoms with E-state index in [1.807, 2.05) is 20.8 Å². The molecule has 0 saturated carbocycles. The molecule has 1 unspecified atom stereocenters. The maximum atomic E-state index is 12.1. The zero-order valence-electron chi connectivity index (χ0n) is 14.1. The molecule has 5 nitrogen and oxygen atoms in total. The molecule has 21 heavy (non-hydrogen) atoms. The molecule has 1 rings (SSSR count). The van der Waals surface area contributed by atoms with Crippen molar-refractivity contribution in [2.75, 3.05) is 32.7 Å². The highest BCUT2D eigenvalue weighted by atomic mass is 16.2. The number of amides is 1. The second-order valence-corrected chi connectivity index (χ2v) is 6.84. The first-order valence-corrected chi connectivity index (χ1v) is 7.96. The Balaban J connectivity index is 2.40. The molecule has 0 aliphatic carbocycles. The number of nitrogens with one attached hydrogen (secondary N) is 1.